The van der Waals surface area contributed by atoms with Crippen LogP contribution in [-0.2, 0) is 6.54 Å². The first-order valence-corrected chi connectivity index (χ1v) is 6.17. The lowest BCUT2D eigenvalue weighted by Crippen LogP contribution is -2.22. The molecule has 1 aromatic heterocycles. The molecule has 0 aliphatic carbocycles. The fourth-order valence-corrected chi connectivity index (χ4v) is 2.05. The van der Waals surface area contributed by atoms with E-state index in [1.807, 2.05) is 30.5 Å². The molecule has 0 aliphatic rings. The molecule has 1 unspecified atom stereocenters. The fraction of sp³-hybridized carbons (Fsp3) is 0.462. The van der Waals surface area contributed by atoms with Gasteiger partial charge >= 0.3 is 0 Å². The summed E-state index contributed by atoms with van der Waals surface area (Å²) in [5.74, 6) is -0.987. The predicted octanol–water partition coefficient (Wildman–Crippen LogP) is 1.90. The van der Waals surface area contributed by atoms with Crippen molar-refractivity contribution >= 4 is 11.0 Å². The van der Waals surface area contributed by atoms with E-state index >= 15 is 0 Å². The zero-order valence-electron chi connectivity index (χ0n) is 11.3. The van der Waals surface area contributed by atoms with Crippen LogP contribution in [-0.4, -0.2) is 35.1 Å². The molecule has 0 fully saturated rings. The predicted molar refractivity (Wildman–Crippen MR) is 70.8 cm³/mol. The summed E-state index contributed by atoms with van der Waals surface area (Å²) >= 11 is 0. The third kappa shape index (κ3) is 2.46. The molecule has 0 aliphatic heterocycles. The molecule has 0 saturated heterocycles. The van der Waals surface area contributed by atoms with Crippen molar-refractivity contribution in [2.45, 2.75) is 19.5 Å². The van der Waals surface area contributed by atoms with Gasteiger partial charge in [-0.3, -0.25) is 4.90 Å². The van der Waals surface area contributed by atoms with Crippen LogP contribution in [0.25, 0.3) is 11.0 Å². The van der Waals surface area contributed by atoms with Gasteiger partial charge in [-0.25, -0.2) is 13.8 Å². The summed E-state index contributed by atoms with van der Waals surface area (Å²) in [5, 5.41) is 0. The van der Waals surface area contributed by atoms with Crippen molar-refractivity contribution in [2.75, 3.05) is 20.6 Å². The van der Waals surface area contributed by atoms with Crippen LogP contribution >= 0.6 is 0 Å². The average Bonchev–Trinajstić information content (AvgIpc) is 2.68. The Morgan fingerprint density at radius 1 is 1.32 bits per heavy atom. The lowest BCUT2D eigenvalue weighted by atomic mass is 10.3. The number of halogens is 2. The average molecular weight is 268 g/mol. The topological polar surface area (TPSA) is 47.1 Å². The lowest BCUT2D eigenvalue weighted by Gasteiger charge is -2.20. The first kappa shape index (κ1) is 13.9. The number of imidazole rings is 1. The van der Waals surface area contributed by atoms with Crippen molar-refractivity contribution in [1.29, 1.82) is 0 Å². The molecule has 0 saturated carbocycles. The van der Waals surface area contributed by atoms with Crippen molar-refractivity contribution in [3.63, 3.8) is 0 Å². The highest BCUT2D eigenvalue weighted by Gasteiger charge is 2.19. The van der Waals surface area contributed by atoms with Gasteiger partial charge < -0.3 is 10.3 Å². The summed E-state index contributed by atoms with van der Waals surface area (Å²) in [7, 11) is 3.86. The van der Waals surface area contributed by atoms with E-state index in [0.29, 0.717) is 24.1 Å². The van der Waals surface area contributed by atoms with Gasteiger partial charge in [-0.15, -0.1) is 0 Å². The van der Waals surface area contributed by atoms with Crippen LogP contribution in [0.4, 0.5) is 8.78 Å². The summed E-state index contributed by atoms with van der Waals surface area (Å²) in [6.45, 7) is 2.92. The maximum absolute atomic E-state index is 13.4. The van der Waals surface area contributed by atoms with E-state index < -0.39 is 11.6 Å². The van der Waals surface area contributed by atoms with Crippen LogP contribution in [0, 0.1) is 11.6 Å². The number of hydrogen-bond acceptors (Lipinski definition) is 3. The lowest BCUT2D eigenvalue weighted by molar-refractivity contribution is 0.302. The maximum Gasteiger partial charge on any atom is 0.161 e. The Morgan fingerprint density at radius 2 is 1.95 bits per heavy atom. The molecule has 1 heterocycles. The van der Waals surface area contributed by atoms with Crippen LogP contribution in [0.15, 0.2) is 12.1 Å². The minimum absolute atomic E-state index is 0.0325. The van der Waals surface area contributed by atoms with Crippen LogP contribution in [0.2, 0.25) is 0 Å². The van der Waals surface area contributed by atoms with Gasteiger partial charge in [-0.2, -0.15) is 0 Å². The Kier molecular flexibility index (Phi) is 3.82. The molecule has 0 radical (unpaired) electrons. The molecule has 1 aromatic carbocycles. The van der Waals surface area contributed by atoms with Gasteiger partial charge in [0.15, 0.2) is 11.6 Å². The normalized spacial score (nSPS) is 13.4. The van der Waals surface area contributed by atoms with Gasteiger partial charge in [0, 0.05) is 25.2 Å². The highest BCUT2D eigenvalue weighted by Crippen LogP contribution is 2.25. The highest BCUT2D eigenvalue weighted by molar-refractivity contribution is 5.76. The SMILES string of the molecule is CC(c1nc2cc(F)c(F)cc2n1CCN)N(C)C. The van der Waals surface area contributed by atoms with Crippen LogP contribution in [0.1, 0.15) is 18.8 Å². The summed E-state index contributed by atoms with van der Waals surface area (Å²) in [5.41, 5.74) is 6.63. The molecule has 4 nitrogen and oxygen atoms in total. The first-order valence-electron chi connectivity index (χ1n) is 6.17. The van der Waals surface area contributed by atoms with Gasteiger partial charge in [0.1, 0.15) is 5.82 Å². The van der Waals surface area contributed by atoms with E-state index in [2.05, 4.69) is 4.98 Å². The van der Waals surface area contributed by atoms with E-state index in [9.17, 15) is 8.78 Å². The van der Waals surface area contributed by atoms with Crippen molar-refractivity contribution < 1.29 is 8.78 Å². The second kappa shape index (κ2) is 5.22. The molecule has 6 heteroatoms. The third-order valence-corrected chi connectivity index (χ3v) is 3.32. The summed E-state index contributed by atoms with van der Waals surface area (Å²) < 4.78 is 28.5. The van der Waals surface area contributed by atoms with E-state index in [1.54, 1.807) is 0 Å². The van der Waals surface area contributed by atoms with Crippen molar-refractivity contribution in [3.8, 4) is 0 Å². The van der Waals surface area contributed by atoms with E-state index in [1.165, 1.54) is 6.07 Å². The van der Waals surface area contributed by atoms with Gasteiger partial charge in [0.25, 0.3) is 0 Å². The molecule has 2 aromatic rings. The number of nitrogens with zero attached hydrogens (tertiary/aromatic N) is 3. The van der Waals surface area contributed by atoms with E-state index in [0.717, 1.165) is 11.9 Å². The Labute approximate surface area is 110 Å². The molecule has 2 rings (SSSR count). The number of nitrogens with two attached hydrogens (primary N) is 1. The summed E-state index contributed by atoms with van der Waals surface area (Å²) in [4.78, 5) is 6.40. The Balaban J connectivity index is 2.66. The Hall–Kier alpha value is -1.53. The van der Waals surface area contributed by atoms with Crippen molar-refractivity contribution in [3.05, 3.63) is 29.6 Å². The molecule has 19 heavy (non-hydrogen) atoms. The van der Waals surface area contributed by atoms with Gasteiger partial charge in [-0.05, 0) is 21.0 Å². The van der Waals surface area contributed by atoms with Gasteiger partial charge in [0.2, 0.25) is 0 Å². The number of hydrogen-bond donors (Lipinski definition) is 1. The van der Waals surface area contributed by atoms with Gasteiger partial charge in [0.05, 0.1) is 17.1 Å². The van der Waals surface area contributed by atoms with E-state index in [4.69, 9.17) is 5.73 Å². The monoisotopic (exact) mass is 268 g/mol. The fourth-order valence-electron chi connectivity index (χ4n) is 2.05. The van der Waals surface area contributed by atoms with Crippen LogP contribution in [0.3, 0.4) is 0 Å². The molecule has 1 atom stereocenters. The quantitative estimate of drug-likeness (QED) is 0.921. The molecule has 104 valence electrons. The molecular formula is C13H18F2N4. The zero-order valence-corrected chi connectivity index (χ0v) is 11.3. The minimum Gasteiger partial charge on any atom is -0.329 e. The molecule has 0 bridgehead atoms. The number of aromatic nitrogens is 2. The van der Waals surface area contributed by atoms with Crippen molar-refractivity contribution in [2.24, 2.45) is 5.73 Å². The van der Waals surface area contributed by atoms with Crippen molar-refractivity contribution in [1.82, 2.24) is 14.5 Å². The molecule has 0 amide bonds. The molecule has 0 spiro atoms. The third-order valence-electron chi connectivity index (χ3n) is 3.32. The summed E-state index contributed by atoms with van der Waals surface area (Å²) in [6, 6.07) is 2.34. The largest absolute Gasteiger partial charge is 0.329 e. The first-order chi connectivity index (χ1) is 8.95. The number of rotatable bonds is 4. The second-order valence-electron chi connectivity index (χ2n) is 4.80. The Morgan fingerprint density at radius 3 is 2.53 bits per heavy atom. The molecule has 2 N–H and O–H groups in total. The highest BCUT2D eigenvalue weighted by atomic mass is 19.2. The minimum atomic E-state index is -0.881. The van der Waals surface area contributed by atoms with E-state index in [-0.39, 0.29) is 6.04 Å². The maximum atomic E-state index is 13.4. The Bertz CT molecular complexity index is 592. The van der Waals surface area contributed by atoms with Crippen LogP contribution in [0.5, 0.6) is 0 Å². The standard InChI is InChI=1S/C13H18F2N4/c1-8(18(2)3)13-17-11-6-9(14)10(15)7-12(11)19(13)5-4-16/h6-8H,4-5,16H2,1-3H3. The number of fused-ring (bicyclic) bond motifs is 1. The number of benzene rings is 1. The molecular weight excluding hydrogens is 250 g/mol. The van der Waals surface area contributed by atoms with Gasteiger partial charge in [-0.1, -0.05) is 0 Å². The summed E-state index contributed by atoms with van der Waals surface area (Å²) in [6.07, 6.45) is 0. The smallest absolute Gasteiger partial charge is 0.161 e. The second-order valence-corrected chi connectivity index (χ2v) is 4.80. The van der Waals surface area contributed by atoms with Crippen LogP contribution < -0.4 is 5.73 Å². The zero-order chi connectivity index (χ0) is 14.2.